The van der Waals surface area contributed by atoms with Crippen molar-refractivity contribution in [1.82, 2.24) is 24.4 Å². The zero-order chi connectivity index (χ0) is 31.7. The van der Waals surface area contributed by atoms with Crippen LogP contribution in [0.3, 0.4) is 0 Å². The van der Waals surface area contributed by atoms with Crippen molar-refractivity contribution in [1.29, 1.82) is 0 Å². The lowest BCUT2D eigenvalue weighted by atomic mass is 9.95. The Balaban J connectivity index is 1.32. The van der Waals surface area contributed by atoms with E-state index in [1.54, 1.807) is 0 Å². The first-order chi connectivity index (χ1) is 22.3. The lowest BCUT2D eigenvalue weighted by molar-refractivity contribution is 0.107. The summed E-state index contributed by atoms with van der Waals surface area (Å²) >= 11 is 0. The summed E-state index contributed by atoms with van der Waals surface area (Å²) in [5.74, 6) is 0.685. The molecule has 3 atom stereocenters. The van der Waals surface area contributed by atoms with Crippen LogP contribution < -0.4 is 4.74 Å². The van der Waals surface area contributed by atoms with Gasteiger partial charge in [0, 0.05) is 47.7 Å². The molecule has 11 heteroatoms. The summed E-state index contributed by atoms with van der Waals surface area (Å²) in [6, 6.07) is 8.95. The number of benzene rings is 2. The number of aromatic nitrogens is 4. The van der Waals surface area contributed by atoms with Crippen molar-refractivity contribution in [2.45, 2.75) is 56.5 Å². The highest BCUT2D eigenvalue weighted by Crippen LogP contribution is 2.42. The molecule has 8 nitrogen and oxygen atoms in total. The zero-order valence-corrected chi connectivity index (χ0v) is 24.8. The van der Waals surface area contributed by atoms with E-state index in [2.05, 4.69) is 20.8 Å². The number of nitrogens with zero attached hydrogens (tertiary/aromatic N) is 5. The van der Waals surface area contributed by atoms with Crippen LogP contribution >= 0.6 is 0 Å². The molecule has 2 fully saturated rings. The number of fused-ring (bicyclic) bond motifs is 4. The van der Waals surface area contributed by atoms with Gasteiger partial charge in [-0.05, 0) is 67.9 Å². The van der Waals surface area contributed by atoms with Gasteiger partial charge in [-0.2, -0.15) is 9.97 Å². The largest absolute Gasteiger partial charge is 0.508 e. The molecule has 0 radical (unpaired) electrons. The summed E-state index contributed by atoms with van der Waals surface area (Å²) in [4.78, 5) is 15.8. The zero-order valence-electron chi connectivity index (χ0n) is 24.8. The average molecular weight is 626 g/mol. The van der Waals surface area contributed by atoms with Crippen molar-refractivity contribution < 1.29 is 28.1 Å². The number of alkyl halides is 1. The van der Waals surface area contributed by atoms with Gasteiger partial charge in [0.15, 0.2) is 5.82 Å². The van der Waals surface area contributed by atoms with E-state index in [-0.39, 0.29) is 46.1 Å². The van der Waals surface area contributed by atoms with Crippen LogP contribution in [0.25, 0.3) is 44.3 Å². The second-order valence-corrected chi connectivity index (χ2v) is 12.5. The number of hydrogen-bond acceptors (Lipinski definition) is 7. The normalized spacial score (nSPS) is 22.7. The number of aromatic hydroxyl groups is 1. The third-order valence-corrected chi connectivity index (χ3v) is 9.80. The first-order valence-electron chi connectivity index (χ1n) is 15.4. The fourth-order valence-corrected chi connectivity index (χ4v) is 7.71. The number of aliphatic hydroxyl groups is 1. The number of pyridine rings is 1. The summed E-state index contributed by atoms with van der Waals surface area (Å²) in [6.07, 6.45) is 8.96. The number of phenols is 1. The van der Waals surface area contributed by atoms with Gasteiger partial charge in [-0.3, -0.25) is 9.88 Å². The Morgan fingerprint density at radius 3 is 2.80 bits per heavy atom. The van der Waals surface area contributed by atoms with Crippen molar-refractivity contribution in [3.63, 3.8) is 0 Å². The molecule has 0 unspecified atom stereocenters. The molecule has 5 aromatic rings. The molecule has 0 saturated carbocycles. The number of halogens is 3. The van der Waals surface area contributed by atoms with Gasteiger partial charge >= 0.3 is 6.01 Å². The summed E-state index contributed by atoms with van der Waals surface area (Å²) in [6.45, 7) is 1.92. The minimum Gasteiger partial charge on any atom is -0.508 e. The average Bonchev–Trinajstić information content (AvgIpc) is 3.73. The Labute approximate surface area is 262 Å². The van der Waals surface area contributed by atoms with Crippen LogP contribution in [-0.2, 0) is 6.54 Å². The molecule has 0 spiro atoms. The quantitative estimate of drug-likeness (QED) is 0.229. The monoisotopic (exact) mass is 625 g/mol. The predicted octanol–water partition coefficient (Wildman–Crippen LogP) is 6.06. The molecule has 2 N–H and O–H groups in total. The van der Waals surface area contributed by atoms with Gasteiger partial charge in [0.2, 0.25) is 0 Å². The summed E-state index contributed by atoms with van der Waals surface area (Å²) in [5, 5.41) is 22.1. The topological polar surface area (TPSA) is 96.5 Å². The second-order valence-electron chi connectivity index (χ2n) is 12.5. The minimum absolute atomic E-state index is 0.0786. The van der Waals surface area contributed by atoms with E-state index in [0.29, 0.717) is 48.1 Å². The van der Waals surface area contributed by atoms with E-state index < -0.39 is 29.4 Å². The predicted molar refractivity (Wildman–Crippen MR) is 166 cm³/mol. The third-order valence-electron chi connectivity index (χ3n) is 9.80. The van der Waals surface area contributed by atoms with Crippen LogP contribution in [0, 0.1) is 24.0 Å². The Morgan fingerprint density at radius 1 is 1.09 bits per heavy atom. The first-order valence-corrected chi connectivity index (χ1v) is 15.4. The Bertz CT molecular complexity index is 2090. The number of rotatable bonds is 5. The third kappa shape index (κ3) is 4.42. The molecule has 3 aromatic heterocycles. The summed E-state index contributed by atoms with van der Waals surface area (Å²) < 4.78 is 54.3. The second kappa shape index (κ2) is 10.7. The van der Waals surface area contributed by atoms with Crippen molar-refractivity contribution in [3.05, 3.63) is 65.5 Å². The molecule has 0 bridgehead atoms. The van der Waals surface area contributed by atoms with Gasteiger partial charge in [-0.25, -0.2) is 13.2 Å². The number of phenolic OH excluding ortho intramolecular Hbond substituents is 1. The molecule has 2 saturated heterocycles. The van der Waals surface area contributed by atoms with E-state index in [4.69, 9.17) is 16.1 Å². The van der Waals surface area contributed by atoms with E-state index in [0.717, 1.165) is 31.5 Å². The van der Waals surface area contributed by atoms with Crippen LogP contribution in [-0.4, -0.2) is 66.0 Å². The van der Waals surface area contributed by atoms with Crippen molar-refractivity contribution >= 4 is 21.7 Å². The summed E-state index contributed by atoms with van der Waals surface area (Å²) in [5.41, 5.74) is 1.01. The molecular weight excluding hydrogens is 595 g/mol. The van der Waals surface area contributed by atoms with Crippen molar-refractivity contribution in [2.75, 3.05) is 19.7 Å². The number of aliphatic hydroxyl groups excluding tert-OH is 1. The van der Waals surface area contributed by atoms with Crippen LogP contribution in [0.5, 0.6) is 11.8 Å². The maximum Gasteiger partial charge on any atom is 0.317 e. The maximum absolute atomic E-state index is 16.8. The van der Waals surface area contributed by atoms with Crippen LogP contribution in [0.15, 0.2) is 42.6 Å². The number of ether oxygens (including phenoxy) is 1. The van der Waals surface area contributed by atoms with Gasteiger partial charge in [-0.15, -0.1) is 6.42 Å². The standard InChI is InChI=1S/C35H30F3N5O3/c1-2-22-25(37)7-6-19-13-21(44)14-23(29(19)22)32-30(38)33-24(16-39-32)31(27-9-8-26-28(45)5-3-12-43(26)27)40-34(41-33)46-18-35-10-4-11-42(35)17-20(36)15-35/h1,6-9,13-14,16,20,28,44-45H,3-5,10-12,15,17-18H2/t20-,28+,35+/m1/s1. The SMILES string of the molecule is C#Cc1c(F)ccc2cc(O)cc(-c3ncc4c(-c5ccc6n5CCC[C@@H]6O)nc(OC[C@@]56CCCN5C[C@H](F)C6)nc4c3F)c12. The molecular formula is C35H30F3N5O3. The number of terminal acetylenes is 1. The fraction of sp³-hybridized carbons (Fsp3) is 0.343. The highest BCUT2D eigenvalue weighted by Gasteiger charge is 2.49. The first kappa shape index (κ1) is 28.8. The van der Waals surface area contributed by atoms with E-state index in [1.165, 1.54) is 30.5 Å². The Morgan fingerprint density at radius 2 is 1.96 bits per heavy atom. The van der Waals surface area contributed by atoms with E-state index >= 15 is 4.39 Å². The molecule has 0 aliphatic carbocycles. The molecule has 234 valence electrons. The molecule has 46 heavy (non-hydrogen) atoms. The minimum atomic E-state index is -0.948. The fourth-order valence-electron chi connectivity index (χ4n) is 7.71. The highest BCUT2D eigenvalue weighted by atomic mass is 19.1. The molecule has 6 heterocycles. The van der Waals surface area contributed by atoms with Crippen LogP contribution in [0.2, 0.25) is 0 Å². The van der Waals surface area contributed by atoms with Crippen molar-refractivity contribution in [3.8, 4) is 46.7 Å². The van der Waals surface area contributed by atoms with Crippen LogP contribution in [0.4, 0.5) is 13.2 Å². The van der Waals surface area contributed by atoms with E-state index in [1.807, 2.05) is 16.7 Å². The summed E-state index contributed by atoms with van der Waals surface area (Å²) in [7, 11) is 0. The van der Waals surface area contributed by atoms with Gasteiger partial charge in [0.05, 0.1) is 22.9 Å². The molecule has 3 aliphatic heterocycles. The molecule has 8 rings (SSSR count). The van der Waals surface area contributed by atoms with Gasteiger partial charge in [0.25, 0.3) is 0 Å². The lowest BCUT2D eigenvalue weighted by Gasteiger charge is -2.30. The van der Waals surface area contributed by atoms with E-state index in [9.17, 15) is 19.0 Å². The molecule has 0 amide bonds. The smallest absolute Gasteiger partial charge is 0.317 e. The van der Waals surface area contributed by atoms with Gasteiger partial charge in [0.1, 0.15) is 41.2 Å². The lowest BCUT2D eigenvalue weighted by Crippen LogP contribution is -2.43. The van der Waals surface area contributed by atoms with Crippen LogP contribution in [0.1, 0.15) is 49.5 Å². The number of hydrogen-bond donors (Lipinski definition) is 2. The Hall–Kier alpha value is -4.66. The highest BCUT2D eigenvalue weighted by molar-refractivity contribution is 6.03. The van der Waals surface area contributed by atoms with Gasteiger partial charge < -0.3 is 19.5 Å². The maximum atomic E-state index is 16.8. The molecule has 2 aromatic carbocycles. The molecule has 3 aliphatic rings. The Kier molecular flexibility index (Phi) is 6.70. The van der Waals surface area contributed by atoms with Gasteiger partial charge in [-0.1, -0.05) is 12.0 Å². The van der Waals surface area contributed by atoms with Crippen molar-refractivity contribution in [2.24, 2.45) is 0 Å².